The molecule has 0 atom stereocenters. The van der Waals surface area contributed by atoms with E-state index in [-0.39, 0.29) is 46.7 Å². The van der Waals surface area contributed by atoms with Crippen molar-refractivity contribution in [3.05, 3.63) is 110 Å². The zero-order chi connectivity index (χ0) is 41.4. The van der Waals surface area contributed by atoms with Gasteiger partial charge in [-0.3, -0.25) is 39.4 Å². The highest BCUT2D eigenvalue weighted by molar-refractivity contribution is 6.67. The van der Waals surface area contributed by atoms with E-state index in [0.717, 1.165) is 26.2 Å². The largest absolute Gasteiger partial charge is 0.483 e. The summed E-state index contributed by atoms with van der Waals surface area (Å²) in [4.78, 5) is 65.6. The molecule has 54 heavy (non-hydrogen) atoms. The van der Waals surface area contributed by atoms with Gasteiger partial charge in [0.25, 0.3) is 34.9 Å². The van der Waals surface area contributed by atoms with Gasteiger partial charge in [0.1, 0.15) is 0 Å². The number of nitrogen functional groups attached to an aromatic ring is 1. The van der Waals surface area contributed by atoms with Gasteiger partial charge in [0, 0.05) is 72.8 Å². The SMILES string of the molecule is CCN(CC)C(=O)c1ccc(N)cc1.CCN(CC)C(=O)c1ccc([N+](=O)[O-])cc1.CCNCC.ClCCl.N.O=C(Cl)c1ccc([N+](=O)[O-])cc1.O=CO. The van der Waals surface area contributed by atoms with Crippen LogP contribution in [0.1, 0.15) is 72.6 Å². The number of alkyl halides is 2. The smallest absolute Gasteiger partial charge is 0.290 e. The molecule has 3 rings (SSSR count). The maximum atomic E-state index is 11.8. The molecule has 0 radical (unpaired) electrons. The van der Waals surface area contributed by atoms with Crippen molar-refractivity contribution in [3.8, 4) is 0 Å². The van der Waals surface area contributed by atoms with Gasteiger partial charge in [0.15, 0.2) is 0 Å². The molecule has 0 bridgehead atoms. The van der Waals surface area contributed by atoms with Crippen LogP contribution in [0.15, 0.2) is 72.8 Å². The van der Waals surface area contributed by atoms with E-state index in [0.29, 0.717) is 29.9 Å². The highest BCUT2D eigenvalue weighted by atomic mass is 35.5. The zero-order valence-corrected chi connectivity index (χ0v) is 33.6. The van der Waals surface area contributed by atoms with Crippen molar-refractivity contribution in [2.45, 2.75) is 41.5 Å². The Morgan fingerprint density at radius 2 is 0.944 bits per heavy atom. The summed E-state index contributed by atoms with van der Waals surface area (Å²) in [5.74, 6) is -0.0325. The topological polar surface area (TPSA) is 254 Å². The minimum atomic E-state index is -0.620. The van der Waals surface area contributed by atoms with E-state index in [1.807, 2.05) is 27.7 Å². The molecule has 19 heteroatoms. The lowest BCUT2D eigenvalue weighted by atomic mass is 10.2. The number of non-ortho nitro benzene ring substituents is 2. The number of nitrogens with one attached hydrogen (secondary N) is 1. The number of nitrogens with zero attached hydrogens (tertiary/aromatic N) is 4. The fourth-order valence-corrected chi connectivity index (χ4v) is 3.83. The number of nitro benzene ring substituents is 2. The lowest BCUT2D eigenvalue weighted by Crippen LogP contribution is -2.30. The van der Waals surface area contributed by atoms with Crippen LogP contribution in [0.2, 0.25) is 0 Å². The monoisotopic (exact) mass is 819 g/mol. The summed E-state index contributed by atoms with van der Waals surface area (Å²) >= 11 is 14.7. The summed E-state index contributed by atoms with van der Waals surface area (Å²) in [5.41, 5.74) is 7.59. The van der Waals surface area contributed by atoms with Gasteiger partial charge in [-0.1, -0.05) is 13.8 Å². The molecule has 0 fully saturated rings. The molecule has 16 nitrogen and oxygen atoms in total. The van der Waals surface area contributed by atoms with Crippen LogP contribution in [0, 0.1) is 20.2 Å². The fraction of sp³-hybridized carbons (Fsp3) is 0.371. The molecule has 0 aliphatic carbocycles. The average molecular weight is 821 g/mol. The van der Waals surface area contributed by atoms with Crippen molar-refractivity contribution in [3.63, 3.8) is 0 Å². The van der Waals surface area contributed by atoms with Crippen molar-refractivity contribution in [1.82, 2.24) is 21.3 Å². The predicted octanol–water partition coefficient (Wildman–Crippen LogP) is 7.70. The number of hydrogen-bond donors (Lipinski definition) is 4. The third-order valence-electron chi connectivity index (χ3n) is 6.39. The molecule has 0 aliphatic rings. The van der Waals surface area contributed by atoms with E-state index in [1.54, 1.807) is 34.1 Å². The van der Waals surface area contributed by atoms with Crippen molar-refractivity contribution >= 4 is 75.4 Å². The number of anilines is 1. The van der Waals surface area contributed by atoms with Crippen molar-refractivity contribution in [1.29, 1.82) is 0 Å². The van der Waals surface area contributed by atoms with E-state index >= 15 is 0 Å². The molecule has 0 saturated heterocycles. The molecule has 2 amide bonds. The second kappa shape index (κ2) is 35.2. The van der Waals surface area contributed by atoms with Gasteiger partial charge in [0.05, 0.1) is 15.2 Å². The molecule has 7 N–H and O–H groups in total. The Morgan fingerprint density at radius 1 is 0.685 bits per heavy atom. The van der Waals surface area contributed by atoms with Crippen LogP contribution in [0.5, 0.6) is 0 Å². The normalized spacial score (nSPS) is 8.91. The maximum Gasteiger partial charge on any atom is 0.290 e. The van der Waals surface area contributed by atoms with Crippen molar-refractivity contribution < 1.29 is 34.1 Å². The number of halogens is 3. The highest BCUT2D eigenvalue weighted by Crippen LogP contribution is 2.14. The maximum absolute atomic E-state index is 11.8. The Morgan fingerprint density at radius 3 is 1.15 bits per heavy atom. The van der Waals surface area contributed by atoms with Gasteiger partial charge >= 0.3 is 0 Å². The number of hydrogen-bond acceptors (Lipinski definition) is 11. The fourth-order valence-electron chi connectivity index (χ4n) is 3.70. The second-order valence-electron chi connectivity index (χ2n) is 9.62. The summed E-state index contributed by atoms with van der Waals surface area (Å²) < 4.78 is 0. The number of amides is 2. The minimum Gasteiger partial charge on any atom is -0.483 e. The Hall–Kier alpha value is -4.87. The van der Waals surface area contributed by atoms with E-state index in [4.69, 9.17) is 50.4 Å². The second-order valence-corrected chi connectivity index (χ2v) is 10.8. The lowest BCUT2D eigenvalue weighted by Gasteiger charge is -2.18. The summed E-state index contributed by atoms with van der Waals surface area (Å²) in [6.45, 7) is 16.6. The van der Waals surface area contributed by atoms with Crippen molar-refractivity contribution in [2.75, 3.05) is 50.3 Å². The van der Waals surface area contributed by atoms with E-state index < -0.39 is 15.1 Å². The molecule has 3 aromatic carbocycles. The van der Waals surface area contributed by atoms with Crippen LogP contribution in [0.3, 0.4) is 0 Å². The first-order valence-corrected chi connectivity index (χ1v) is 17.6. The van der Waals surface area contributed by atoms with Crippen LogP contribution in [0.4, 0.5) is 17.1 Å². The molecule has 0 aliphatic heterocycles. The van der Waals surface area contributed by atoms with Gasteiger partial charge in [-0.25, -0.2) is 0 Å². The molecule has 0 saturated carbocycles. The van der Waals surface area contributed by atoms with E-state index in [1.165, 1.54) is 48.5 Å². The Bertz CT molecular complexity index is 1440. The average Bonchev–Trinajstić information content (AvgIpc) is 3.14. The number of benzene rings is 3. The minimum absolute atomic E-state index is 0. The number of nitro groups is 2. The molecule has 0 spiro atoms. The first-order valence-electron chi connectivity index (χ1n) is 16.2. The molecule has 302 valence electrons. The number of carbonyl (C=O) groups is 4. The Kier molecular flexibility index (Phi) is 36.4. The number of nitrogens with two attached hydrogens (primary N) is 1. The Labute approximate surface area is 331 Å². The van der Waals surface area contributed by atoms with Gasteiger partial charge < -0.3 is 32.1 Å². The van der Waals surface area contributed by atoms with Crippen LogP contribution in [-0.2, 0) is 4.79 Å². The zero-order valence-electron chi connectivity index (χ0n) is 31.4. The predicted molar refractivity (Wildman–Crippen MR) is 216 cm³/mol. The van der Waals surface area contributed by atoms with E-state index in [2.05, 4.69) is 19.2 Å². The standard InChI is InChI=1S/C11H14N2O3.C11H16N2O.C7H4ClNO3.C4H11N.CH2Cl2.CH2O2.H3N/c1-3-12(4-2)11(14)9-5-7-10(8-6-9)13(15)16;1-3-13(4-2)11(14)9-5-7-10(12)8-6-9;8-7(10)5-1-3-6(4-2-5)9(11)12;1-3-5-4-2;2*2-1-3;/h5-8H,3-4H2,1-2H3;5-8H,3-4,12H2,1-2H3;1-4H;5H,3-4H2,1-2H3;1H2;1H,(H,2,3);1H3. The van der Waals surface area contributed by atoms with E-state index in [9.17, 15) is 34.6 Å². The molecule has 3 aromatic rings. The van der Waals surface area contributed by atoms with Crippen LogP contribution in [0.25, 0.3) is 0 Å². The summed E-state index contributed by atoms with van der Waals surface area (Å²) in [7, 11) is 0. The highest BCUT2D eigenvalue weighted by Gasteiger charge is 2.14. The van der Waals surface area contributed by atoms with Crippen LogP contribution in [-0.4, -0.2) is 92.9 Å². The number of carboxylic acid groups (broad SMARTS) is 1. The van der Waals surface area contributed by atoms with Gasteiger partial charge in [0.2, 0.25) is 0 Å². The number of carbonyl (C=O) groups excluding carboxylic acids is 3. The quantitative estimate of drug-likeness (QED) is 0.0362. The molecule has 0 unspecified atom stereocenters. The number of rotatable bonds is 11. The molecule has 0 heterocycles. The summed E-state index contributed by atoms with van der Waals surface area (Å²) in [5, 5.41) is 30.2. The van der Waals surface area contributed by atoms with Gasteiger partial charge in [-0.05, 0) is 101 Å². The Balaban J connectivity index is -0.000000304. The summed E-state index contributed by atoms with van der Waals surface area (Å²) in [6.07, 6.45) is 0. The third kappa shape index (κ3) is 25.2. The summed E-state index contributed by atoms with van der Waals surface area (Å²) in [6, 6.07) is 17.8. The molecule has 0 aromatic heterocycles. The first-order chi connectivity index (χ1) is 25.1. The van der Waals surface area contributed by atoms with Crippen LogP contribution >= 0.6 is 34.8 Å². The lowest BCUT2D eigenvalue weighted by molar-refractivity contribution is -0.385. The molecular formula is C35H52Cl3N7O9. The van der Waals surface area contributed by atoms with Gasteiger partial charge in [-0.2, -0.15) is 0 Å². The third-order valence-corrected chi connectivity index (χ3v) is 6.61. The van der Waals surface area contributed by atoms with Gasteiger partial charge in [-0.15, -0.1) is 23.2 Å². The van der Waals surface area contributed by atoms with Crippen molar-refractivity contribution in [2.24, 2.45) is 0 Å². The van der Waals surface area contributed by atoms with Crippen LogP contribution < -0.4 is 17.2 Å². The first kappa shape index (κ1) is 55.9. The molecular weight excluding hydrogens is 769 g/mol.